The van der Waals surface area contributed by atoms with Crippen LogP contribution in [-0.4, -0.2) is 34.3 Å². The fourth-order valence-corrected chi connectivity index (χ4v) is 3.06. The van der Waals surface area contributed by atoms with E-state index in [1.54, 1.807) is 22.8 Å². The number of carbonyl (C=O) groups is 1. The molecule has 1 aliphatic rings. The average Bonchev–Trinajstić information content (AvgIpc) is 3.12. The number of hydrogen-bond donors (Lipinski definition) is 0. The number of para-hydroxylation sites is 1. The van der Waals surface area contributed by atoms with Gasteiger partial charge < -0.3 is 9.47 Å². The molecule has 0 spiro atoms. The van der Waals surface area contributed by atoms with Gasteiger partial charge in [0.05, 0.1) is 18.8 Å². The molecule has 138 valence electrons. The Balaban J connectivity index is 1.50. The highest BCUT2D eigenvalue weighted by molar-refractivity contribution is 6.05. The summed E-state index contributed by atoms with van der Waals surface area (Å²) in [7, 11) is 1.62. The molecule has 0 atom stereocenters. The van der Waals surface area contributed by atoms with Crippen LogP contribution in [0.2, 0.25) is 0 Å². The SMILES string of the molecule is COCc1cccc(N2CCn3nc(COc4ccccc4)cc3C2=O)n1. The number of hydrogen-bond acceptors (Lipinski definition) is 5. The maximum Gasteiger partial charge on any atom is 0.277 e. The van der Waals surface area contributed by atoms with Crippen LogP contribution in [0.1, 0.15) is 21.9 Å². The maximum atomic E-state index is 12.9. The zero-order chi connectivity index (χ0) is 18.6. The lowest BCUT2D eigenvalue weighted by atomic mass is 10.2. The number of nitrogens with zero attached hydrogens (tertiary/aromatic N) is 4. The van der Waals surface area contributed by atoms with Gasteiger partial charge in [0.1, 0.15) is 29.6 Å². The van der Waals surface area contributed by atoms with E-state index in [-0.39, 0.29) is 5.91 Å². The Morgan fingerprint density at radius 3 is 2.67 bits per heavy atom. The van der Waals surface area contributed by atoms with E-state index in [9.17, 15) is 4.79 Å². The molecule has 1 aliphatic heterocycles. The predicted octanol–water partition coefficient (Wildman–Crippen LogP) is 2.66. The van der Waals surface area contributed by atoms with Crippen LogP contribution in [0, 0.1) is 0 Å². The van der Waals surface area contributed by atoms with E-state index in [1.165, 1.54) is 0 Å². The molecular formula is C20H20N4O3. The molecule has 0 unspecified atom stereocenters. The Hall–Kier alpha value is -3.19. The monoisotopic (exact) mass is 364 g/mol. The molecule has 7 heteroatoms. The van der Waals surface area contributed by atoms with E-state index in [2.05, 4.69) is 10.1 Å². The van der Waals surface area contributed by atoms with Crippen molar-refractivity contribution < 1.29 is 14.3 Å². The molecule has 0 radical (unpaired) electrons. The first-order valence-electron chi connectivity index (χ1n) is 8.76. The van der Waals surface area contributed by atoms with E-state index >= 15 is 0 Å². The second kappa shape index (κ2) is 7.59. The predicted molar refractivity (Wildman–Crippen MR) is 99.6 cm³/mol. The molecule has 2 aromatic heterocycles. The quantitative estimate of drug-likeness (QED) is 0.673. The molecule has 1 aromatic carbocycles. The number of ether oxygens (including phenoxy) is 2. The standard InChI is InChI=1S/C20H20N4O3/c1-26-13-15-6-5-9-19(21-15)23-10-11-24-18(20(23)25)12-16(22-24)14-27-17-7-3-2-4-8-17/h2-9,12H,10-11,13-14H2,1H3. The second-order valence-electron chi connectivity index (χ2n) is 6.22. The van der Waals surface area contributed by atoms with Crippen molar-refractivity contribution in [3.8, 4) is 5.75 Å². The van der Waals surface area contributed by atoms with E-state index in [0.717, 1.165) is 17.1 Å². The zero-order valence-electron chi connectivity index (χ0n) is 15.0. The lowest BCUT2D eigenvalue weighted by Gasteiger charge is -2.26. The molecule has 0 saturated heterocycles. The first-order chi connectivity index (χ1) is 13.2. The van der Waals surface area contributed by atoms with Crippen LogP contribution in [0.25, 0.3) is 0 Å². The van der Waals surface area contributed by atoms with Crippen molar-refractivity contribution in [3.63, 3.8) is 0 Å². The van der Waals surface area contributed by atoms with Crippen LogP contribution in [-0.2, 0) is 24.5 Å². The van der Waals surface area contributed by atoms with Gasteiger partial charge in [0, 0.05) is 13.7 Å². The van der Waals surface area contributed by atoms with Crippen LogP contribution in [0.4, 0.5) is 5.82 Å². The van der Waals surface area contributed by atoms with E-state index < -0.39 is 0 Å². The number of aromatic nitrogens is 3. The van der Waals surface area contributed by atoms with Gasteiger partial charge in [-0.3, -0.25) is 14.4 Å². The van der Waals surface area contributed by atoms with Gasteiger partial charge in [-0.05, 0) is 30.3 Å². The summed E-state index contributed by atoms with van der Waals surface area (Å²) in [6.07, 6.45) is 0. The van der Waals surface area contributed by atoms with Crippen LogP contribution in [0.5, 0.6) is 5.75 Å². The van der Waals surface area contributed by atoms with E-state index in [0.29, 0.717) is 37.8 Å². The molecule has 0 aliphatic carbocycles. The van der Waals surface area contributed by atoms with Crippen molar-refractivity contribution in [1.82, 2.24) is 14.8 Å². The molecule has 4 rings (SSSR count). The summed E-state index contributed by atoms with van der Waals surface area (Å²) in [5, 5.41) is 4.50. The highest BCUT2D eigenvalue weighted by atomic mass is 16.5. The van der Waals surface area contributed by atoms with Crippen molar-refractivity contribution in [3.05, 3.63) is 71.7 Å². The summed E-state index contributed by atoms with van der Waals surface area (Å²) in [5.41, 5.74) is 2.07. The third-order valence-corrected chi connectivity index (χ3v) is 4.32. The lowest BCUT2D eigenvalue weighted by Crippen LogP contribution is -2.41. The zero-order valence-corrected chi connectivity index (χ0v) is 15.0. The molecule has 3 aromatic rings. The lowest BCUT2D eigenvalue weighted by molar-refractivity contribution is 0.0961. The van der Waals surface area contributed by atoms with Crippen molar-refractivity contribution in [2.75, 3.05) is 18.6 Å². The molecule has 3 heterocycles. The third kappa shape index (κ3) is 3.68. The summed E-state index contributed by atoms with van der Waals surface area (Å²) in [6.45, 7) is 1.87. The molecule has 0 N–H and O–H groups in total. The molecule has 1 amide bonds. The van der Waals surface area contributed by atoms with Gasteiger partial charge in [-0.15, -0.1) is 0 Å². The highest BCUT2D eigenvalue weighted by Crippen LogP contribution is 2.21. The molecule has 0 fully saturated rings. The average molecular weight is 364 g/mol. The molecule has 27 heavy (non-hydrogen) atoms. The van der Waals surface area contributed by atoms with Crippen molar-refractivity contribution >= 4 is 11.7 Å². The Morgan fingerprint density at radius 2 is 1.85 bits per heavy atom. The van der Waals surface area contributed by atoms with Crippen LogP contribution in [0.3, 0.4) is 0 Å². The van der Waals surface area contributed by atoms with Crippen LogP contribution in [0.15, 0.2) is 54.6 Å². The first-order valence-corrected chi connectivity index (χ1v) is 8.76. The summed E-state index contributed by atoms with van der Waals surface area (Å²) in [5.74, 6) is 1.29. The van der Waals surface area contributed by atoms with E-state index in [1.807, 2.05) is 48.5 Å². The smallest absolute Gasteiger partial charge is 0.277 e. The molecular weight excluding hydrogens is 344 g/mol. The number of carbonyl (C=O) groups excluding carboxylic acids is 1. The van der Waals surface area contributed by atoms with Crippen LogP contribution < -0.4 is 9.64 Å². The third-order valence-electron chi connectivity index (χ3n) is 4.32. The Bertz CT molecular complexity index is 939. The maximum absolute atomic E-state index is 12.9. The molecule has 7 nitrogen and oxygen atoms in total. The summed E-state index contributed by atoms with van der Waals surface area (Å²) < 4.78 is 12.6. The minimum absolute atomic E-state index is 0.109. The van der Waals surface area contributed by atoms with Gasteiger partial charge in [-0.25, -0.2) is 4.98 Å². The fraction of sp³-hybridized carbons (Fsp3) is 0.250. The number of pyridine rings is 1. The van der Waals surface area contributed by atoms with E-state index in [4.69, 9.17) is 9.47 Å². The number of amides is 1. The minimum atomic E-state index is -0.109. The van der Waals surface area contributed by atoms with Gasteiger partial charge in [-0.2, -0.15) is 5.10 Å². The number of benzene rings is 1. The summed E-state index contributed by atoms with van der Waals surface area (Å²) in [4.78, 5) is 19.1. The Labute approximate surface area is 157 Å². The van der Waals surface area contributed by atoms with Crippen molar-refractivity contribution in [1.29, 1.82) is 0 Å². The van der Waals surface area contributed by atoms with Crippen molar-refractivity contribution in [2.24, 2.45) is 0 Å². The second-order valence-corrected chi connectivity index (χ2v) is 6.22. The van der Waals surface area contributed by atoms with Crippen LogP contribution >= 0.6 is 0 Å². The number of fused-ring (bicyclic) bond motifs is 1. The first kappa shape index (κ1) is 17.2. The van der Waals surface area contributed by atoms with Gasteiger partial charge in [0.15, 0.2) is 0 Å². The molecule has 0 saturated carbocycles. The Morgan fingerprint density at radius 1 is 1.00 bits per heavy atom. The number of rotatable bonds is 6. The summed E-state index contributed by atoms with van der Waals surface area (Å²) in [6, 6.07) is 16.9. The van der Waals surface area contributed by atoms with Gasteiger partial charge in [0.2, 0.25) is 0 Å². The minimum Gasteiger partial charge on any atom is -0.487 e. The molecule has 0 bridgehead atoms. The Kier molecular flexibility index (Phi) is 4.84. The highest BCUT2D eigenvalue weighted by Gasteiger charge is 2.28. The topological polar surface area (TPSA) is 69.5 Å². The van der Waals surface area contributed by atoms with Gasteiger partial charge in [-0.1, -0.05) is 24.3 Å². The van der Waals surface area contributed by atoms with Gasteiger partial charge >= 0.3 is 0 Å². The normalized spacial score (nSPS) is 13.5. The van der Waals surface area contributed by atoms with Crippen molar-refractivity contribution in [2.45, 2.75) is 19.8 Å². The largest absolute Gasteiger partial charge is 0.487 e. The fourth-order valence-electron chi connectivity index (χ4n) is 3.06. The number of anilines is 1. The van der Waals surface area contributed by atoms with Gasteiger partial charge in [0.25, 0.3) is 5.91 Å². The number of methoxy groups -OCH3 is 1. The summed E-state index contributed by atoms with van der Waals surface area (Å²) >= 11 is 0.